The Morgan fingerprint density at radius 2 is 2.12 bits per heavy atom. The van der Waals surface area contributed by atoms with Gasteiger partial charge < -0.3 is 10.6 Å². The van der Waals surface area contributed by atoms with Crippen LogP contribution >= 0.6 is 12.2 Å². The molecule has 0 rings (SSSR count). The molecule has 0 saturated carbocycles. The second-order valence-electron chi connectivity index (χ2n) is 2.89. The lowest BCUT2D eigenvalue weighted by atomic mass is 10.5. The van der Waals surface area contributed by atoms with Crippen LogP contribution in [0.4, 0.5) is 0 Å². The molecule has 0 fully saturated rings. The van der Waals surface area contributed by atoms with Crippen molar-refractivity contribution in [2.75, 3.05) is 26.2 Å². The van der Waals surface area contributed by atoms with Crippen molar-refractivity contribution >= 4 is 23.1 Å². The SMILES string of the molecule is CC#CC(=S)NOCCNCCNC(C)=O. The van der Waals surface area contributed by atoms with Crippen molar-refractivity contribution < 1.29 is 9.63 Å². The van der Waals surface area contributed by atoms with E-state index in [4.69, 9.17) is 17.1 Å². The van der Waals surface area contributed by atoms with E-state index in [0.717, 1.165) is 0 Å². The minimum atomic E-state index is -0.0248. The van der Waals surface area contributed by atoms with Crippen molar-refractivity contribution in [2.24, 2.45) is 0 Å². The number of amides is 1. The van der Waals surface area contributed by atoms with Gasteiger partial charge in [0.05, 0.1) is 6.61 Å². The number of hydrogen-bond donors (Lipinski definition) is 3. The molecule has 0 heterocycles. The van der Waals surface area contributed by atoms with Crippen LogP contribution in [0.2, 0.25) is 0 Å². The van der Waals surface area contributed by atoms with Gasteiger partial charge in [0, 0.05) is 26.6 Å². The van der Waals surface area contributed by atoms with Crippen LogP contribution in [-0.4, -0.2) is 37.1 Å². The van der Waals surface area contributed by atoms with Crippen molar-refractivity contribution in [1.82, 2.24) is 16.1 Å². The molecule has 0 aromatic heterocycles. The molecule has 1 amide bonds. The van der Waals surface area contributed by atoms with Gasteiger partial charge in [0.1, 0.15) is 0 Å². The third kappa shape index (κ3) is 10.9. The third-order valence-corrected chi connectivity index (χ3v) is 1.65. The zero-order chi connectivity index (χ0) is 12.2. The molecule has 16 heavy (non-hydrogen) atoms. The first-order valence-corrected chi connectivity index (χ1v) is 5.37. The highest BCUT2D eigenvalue weighted by molar-refractivity contribution is 7.80. The van der Waals surface area contributed by atoms with E-state index >= 15 is 0 Å². The summed E-state index contributed by atoms with van der Waals surface area (Å²) >= 11 is 4.82. The van der Waals surface area contributed by atoms with E-state index in [1.165, 1.54) is 6.92 Å². The Kier molecular flexibility index (Phi) is 9.61. The van der Waals surface area contributed by atoms with E-state index in [1.54, 1.807) is 6.92 Å². The number of hydrogen-bond acceptors (Lipinski definition) is 4. The number of carbonyl (C=O) groups is 1. The summed E-state index contributed by atoms with van der Waals surface area (Å²) in [4.78, 5) is 15.9. The van der Waals surface area contributed by atoms with Crippen molar-refractivity contribution in [2.45, 2.75) is 13.8 Å². The molecule has 6 heteroatoms. The van der Waals surface area contributed by atoms with Gasteiger partial charge in [-0.2, -0.15) is 0 Å². The van der Waals surface area contributed by atoms with Gasteiger partial charge in [-0.3, -0.25) is 9.63 Å². The predicted molar refractivity (Wildman–Crippen MR) is 66.7 cm³/mol. The predicted octanol–water partition coefficient (Wildman–Crippen LogP) is -0.416. The Hall–Kier alpha value is -1.16. The average Bonchev–Trinajstić information content (AvgIpc) is 2.22. The first kappa shape index (κ1) is 14.8. The van der Waals surface area contributed by atoms with Gasteiger partial charge in [0.15, 0.2) is 4.99 Å². The zero-order valence-electron chi connectivity index (χ0n) is 9.55. The normalized spacial score (nSPS) is 8.88. The molecule has 0 saturated heterocycles. The Bertz CT molecular complexity index is 284. The molecule has 0 bridgehead atoms. The van der Waals surface area contributed by atoms with E-state index in [0.29, 0.717) is 31.2 Å². The van der Waals surface area contributed by atoms with Gasteiger partial charge >= 0.3 is 0 Å². The lowest BCUT2D eigenvalue weighted by molar-refractivity contribution is -0.118. The molecule has 0 aromatic rings. The van der Waals surface area contributed by atoms with Crippen molar-refractivity contribution in [1.29, 1.82) is 0 Å². The third-order valence-electron chi connectivity index (χ3n) is 1.46. The number of nitrogens with one attached hydrogen (secondary N) is 3. The smallest absolute Gasteiger partial charge is 0.216 e. The van der Waals surface area contributed by atoms with E-state index in [2.05, 4.69) is 28.0 Å². The molecular formula is C10H17N3O2S. The number of hydroxylamine groups is 1. The fourth-order valence-corrected chi connectivity index (χ4v) is 0.992. The molecule has 5 nitrogen and oxygen atoms in total. The minimum Gasteiger partial charge on any atom is -0.355 e. The van der Waals surface area contributed by atoms with Crippen LogP contribution in [-0.2, 0) is 9.63 Å². The maximum absolute atomic E-state index is 10.5. The molecular weight excluding hydrogens is 226 g/mol. The Labute approximate surface area is 101 Å². The quantitative estimate of drug-likeness (QED) is 0.245. The molecule has 0 aromatic carbocycles. The maximum Gasteiger partial charge on any atom is 0.216 e. The summed E-state index contributed by atoms with van der Waals surface area (Å²) in [6.45, 7) is 5.67. The maximum atomic E-state index is 10.5. The molecule has 0 radical (unpaired) electrons. The standard InChI is InChI=1S/C10H17N3O2S/c1-3-4-10(16)13-15-8-7-11-5-6-12-9(2)14/h11H,5-8H2,1-2H3,(H,12,14)(H,13,16). The van der Waals surface area contributed by atoms with Gasteiger partial charge in [0.25, 0.3) is 0 Å². The van der Waals surface area contributed by atoms with Crippen molar-refractivity contribution in [3.05, 3.63) is 0 Å². The minimum absolute atomic E-state index is 0.0248. The summed E-state index contributed by atoms with van der Waals surface area (Å²) in [6, 6.07) is 0. The van der Waals surface area contributed by atoms with Crippen LogP contribution in [0.3, 0.4) is 0 Å². The zero-order valence-corrected chi connectivity index (χ0v) is 10.4. The van der Waals surface area contributed by atoms with Crippen LogP contribution in [0.5, 0.6) is 0 Å². The highest BCUT2D eigenvalue weighted by Gasteiger charge is 1.92. The topological polar surface area (TPSA) is 62.4 Å². The molecule has 0 atom stereocenters. The van der Waals surface area contributed by atoms with E-state index < -0.39 is 0 Å². The monoisotopic (exact) mass is 243 g/mol. The van der Waals surface area contributed by atoms with Crippen molar-refractivity contribution in [3.8, 4) is 11.8 Å². The highest BCUT2D eigenvalue weighted by Crippen LogP contribution is 1.71. The molecule has 90 valence electrons. The number of thiocarbonyl (C=S) groups is 1. The van der Waals surface area contributed by atoms with E-state index in [-0.39, 0.29) is 5.91 Å². The van der Waals surface area contributed by atoms with Gasteiger partial charge in [-0.05, 0) is 25.1 Å². The lowest BCUT2D eigenvalue weighted by Crippen LogP contribution is -2.33. The molecule has 0 aliphatic rings. The van der Waals surface area contributed by atoms with Crippen LogP contribution in [0.1, 0.15) is 13.8 Å². The summed E-state index contributed by atoms with van der Waals surface area (Å²) in [7, 11) is 0. The second kappa shape index (κ2) is 10.4. The summed E-state index contributed by atoms with van der Waals surface area (Å²) in [5.74, 6) is 5.28. The first-order valence-electron chi connectivity index (χ1n) is 4.96. The summed E-state index contributed by atoms with van der Waals surface area (Å²) in [6.07, 6.45) is 0. The lowest BCUT2D eigenvalue weighted by Gasteiger charge is -2.06. The largest absolute Gasteiger partial charge is 0.355 e. The highest BCUT2D eigenvalue weighted by atomic mass is 32.1. The van der Waals surface area contributed by atoms with Crippen LogP contribution < -0.4 is 16.1 Å². The summed E-state index contributed by atoms with van der Waals surface area (Å²) in [5.41, 5.74) is 2.54. The van der Waals surface area contributed by atoms with Crippen LogP contribution in [0.25, 0.3) is 0 Å². The molecule has 3 N–H and O–H groups in total. The van der Waals surface area contributed by atoms with Gasteiger partial charge in [0.2, 0.25) is 5.91 Å². The fourth-order valence-electron chi connectivity index (χ4n) is 0.831. The molecule has 0 aliphatic heterocycles. The number of rotatable bonds is 7. The summed E-state index contributed by atoms with van der Waals surface area (Å²) in [5, 5.41) is 5.76. The molecule has 0 aliphatic carbocycles. The second-order valence-corrected chi connectivity index (χ2v) is 3.30. The Morgan fingerprint density at radius 3 is 2.75 bits per heavy atom. The fraction of sp³-hybridized carbons (Fsp3) is 0.600. The van der Waals surface area contributed by atoms with Crippen LogP contribution in [0.15, 0.2) is 0 Å². The van der Waals surface area contributed by atoms with Gasteiger partial charge in [-0.1, -0.05) is 5.92 Å². The van der Waals surface area contributed by atoms with E-state index in [1.807, 2.05) is 0 Å². The number of carbonyl (C=O) groups excluding carboxylic acids is 1. The van der Waals surface area contributed by atoms with Crippen molar-refractivity contribution in [3.63, 3.8) is 0 Å². The Morgan fingerprint density at radius 1 is 1.38 bits per heavy atom. The van der Waals surface area contributed by atoms with Gasteiger partial charge in [-0.15, -0.1) is 0 Å². The summed E-state index contributed by atoms with van der Waals surface area (Å²) < 4.78 is 0. The Balaban J connectivity index is 3.17. The molecule has 0 unspecified atom stereocenters. The average molecular weight is 243 g/mol. The molecule has 0 spiro atoms. The first-order chi connectivity index (χ1) is 7.66. The van der Waals surface area contributed by atoms with Crippen LogP contribution in [0, 0.1) is 11.8 Å². The van der Waals surface area contributed by atoms with E-state index in [9.17, 15) is 4.79 Å². The van der Waals surface area contributed by atoms with Gasteiger partial charge in [-0.25, -0.2) is 5.48 Å².